The van der Waals surface area contributed by atoms with E-state index in [-0.39, 0.29) is 0 Å². The van der Waals surface area contributed by atoms with Gasteiger partial charge in [0.25, 0.3) is 0 Å². The zero-order valence-electron chi connectivity index (χ0n) is 9.74. The van der Waals surface area contributed by atoms with E-state index in [1.54, 1.807) is 17.4 Å². The van der Waals surface area contributed by atoms with Crippen molar-refractivity contribution in [1.82, 2.24) is 4.98 Å². The third-order valence-electron chi connectivity index (χ3n) is 2.38. The molecular weight excluding hydrogens is 286 g/mol. The molecule has 0 radical (unpaired) electrons. The molecule has 0 aliphatic heterocycles. The number of aryl methyl sites for hydroxylation is 1. The van der Waals surface area contributed by atoms with Crippen LogP contribution in [-0.2, 0) is 6.54 Å². The average molecular weight is 298 g/mol. The summed E-state index contributed by atoms with van der Waals surface area (Å²) in [5.74, 6) is 0. The van der Waals surface area contributed by atoms with E-state index in [0.29, 0.717) is 16.6 Å². The molecule has 1 aromatic carbocycles. The first kappa shape index (κ1) is 13.3. The van der Waals surface area contributed by atoms with E-state index in [1.807, 2.05) is 25.3 Å². The van der Waals surface area contributed by atoms with Crippen LogP contribution in [-0.4, -0.2) is 9.97 Å². The molecule has 3 N–H and O–H groups in total. The van der Waals surface area contributed by atoms with Crippen molar-refractivity contribution in [3.05, 3.63) is 44.9 Å². The van der Waals surface area contributed by atoms with Gasteiger partial charge in [-0.2, -0.15) is 0 Å². The second-order valence-corrected chi connectivity index (χ2v) is 5.92. The summed E-state index contributed by atoms with van der Waals surface area (Å²) >= 11 is 12.7. The van der Waals surface area contributed by atoms with E-state index in [1.165, 1.54) is 4.88 Å². The molecule has 2 rings (SSSR count). The minimum Gasteiger partial charge on any atom is -0.389 e. The molecule has 3 nitrogen and oxygen atoms in total. The van der Waals surface area contributed by atoms with Crippen molar-refractivity contribution in [2.45, 2.75) is 13.5 Å². The van der Waals surface area contributed by atoms with Gasteiger partial charge in [-0.25, -0.2) is 4.98 Å². The third-order valence-corrected chi connectivity index (χ3v) is 3.84. The van der Waals surface area contributed by atoms with E-state index in [9.17, 15) is 0 Å². The Bertz CT molecular complexity index is 580. The van der Waals surface area contributed by atoms with E-state index in [4.69, 9.17) is 29.6 Å². The van der Waals surface area contributed by atoms with E-state index >= 15 is 0 Å². The highest BCUT2D eigenvalue weighted by molar-refractivity contribution is 7.80. The summed E-state index contributed by atoms with van der Waals surface area (Å²) in [5.41, 5.74) is 7.18. The normalized spacial score (nSPS) is 10.3. The maximum Gasteiger partial charge on any atom is 0.104 e. The van der Waals surface area contributed by atoms with Gasteiger partial charge in [-0.15, -0.1) is 11.3 Å². The zero-order chi connectivity index (χ0) is 13.1. The van der Waals surface area contributed by atoms with Crippen LogP contribution >= 0.6 is 35.2 Å². The van der Waals surface area contributed by atoms with Crippen molar-refractivity contribution in [2.24, 2.45) is 5.73 Å². The lowest BCUT2D eigenvalue weighted by molar-refractivity contribution is 1.17. The van der Waals surface area contributed by atoms with Gasteiger partial charge < -0.3 is 11.1 Å². The lowest BCUT2D eigenvalue weighted by Crippen LogP contribution is -2.09. The largest absolute Gasteiger partial charge is 0.389 e. The smallest absolute Gasteiger partial charge is 0.104 e. The van der Waals surface area contributed by atoms with Gasteiger partial charge in [0.1, 0.15) is 4.99 Å². The van der Waals surface area contributed by atoms with Crippen LogP contribution in [0.4, 0.5) is 5.69 Å². The quantitative estimate of drug-likeness (QED) is 0.850. The highest BCUT2D eigenvalue weighted by Crippen LogP contribution is 2.24. The van der Waals surface area contributed by atoms with Crippen molar-refractivity contribution in [3.63, 3.8) is 0 Å². The van der Waals surface area contributed by atoms with Crippen LogP contribution in [0.25, 0.3) is 0 Å². The number of hydrogen-bond acceptors (Lipinski definition) is 4. The molecule has 0 bridgehead atoms. The fourth-order valence-corrected chi connectivity index (χ4v) is 2.59. The number of halogens is 1. The average Bonchev–Trinajstić information content (AvgIpc) is 2.73. The molecule has 0 aliphatic carbocycles. The van der Waals surface area contributed by atoms with Gasteiger partial charge in [-0.3, -0.25) is 0 Å². The molecule has 0 saturated carbocycles. The monoisotopic (exact) mass is 297 g/mol. The summed E-state index contributed by atoms with van der Waals surface area (Å²) in [4.78, 5) is 5.72. The first-order chi connectivity index (χ1) is 8.56. The summed E-state index contributed by atoms with van der Waals surface area (Å²) in [7, 11) is 0. The highest BCUT2D eigenvalue weighted by atomic mass is 35.5. The number of thiazole rings is 1. The molecule has 18 heavy (non-hydrogen) atoms. The predicted octanol–water partition coefficient (Wildman–Crippen LogP) is 3.35. The van der Waals surface area contributed by atoms with Gasteiger partial charge in [0, 0.05) is 16.6 Å². The van der Waals surface area contributed by atoms with Gasteiger partial charge >= 0.3 is 0 Å². The maximum atomic E-state index is 6.15. The Labute approximate surface area is 120 Å². The molecule has 0 aliphatic rings. The summed E-state index contributed by atoms with van der Waals surface area (Å²) in [6, 6.07) is 5.50. The maximum absolute atomic E-state index is 6.15. The molecule has 94 valence electrons. The van der Waals surface area contributed by atoms with Gasteiger partial charge in [0.15, 0.2) is 0 Å². The van der Waals surface area contributed by atoms with Crippen molar-refractivity contribution in [1.29, 1.82) is 0 Å². The second-order valence-electron chi connectivity index (χ2n) is 3.76. The fourth-order valence-electron chi connectivity index (χ4n) is 1.48. The first-order valence-corrected chi connectivity index (χ1v) is 6.91. The molecule has 1 heterocycles. The highest BCUT2D eigenvalue weighted by Gasteiger charge is 2.04. The standard InChI is InChI=1S/C12H12ClN3S2/c1-7-15-5-9(18-7)6-16-11-3-2-8(12(14)17)4-10(11)13/h2-5,16H,6H2,1H3,(H2,14,17). The van der Waals surface area contributed by atoms with E-state index in [0.717, 1.165) is 16.3 Å². The Hall–Kier alpha value is -1.17. The van der Waals surface area contributed by atoms with Crippen molar-refractivity contribution < 1.29 is 0 Å². The van der Waals surface area contributed by atoms with Gasteiger partial charge in [-0.1, -0.05) is 23.8 Å². The molecule has 0 unspecified atom stereocenters. The van der Waals surface area contributed by atoms with Crippen LogP contribution in [0.1, 0.15) is 15.4 Å². The lowest BCUT2D eigenvalue weighted by Gasteiger charge is -2.08. The number of rotatable bonds is 4. The number of benzene rings is 1. The molecule has 0 amide bonds. The number of nitrogens with zero attached hydrogens (tertiary/aromatic N) is 1. The van der Waals surface area contributed by atoms with Crippen LogP contribution in [0, 0.1) is 6.92 Å². The molecule has 2 aromatic rings. The summed E-state index contributed by atoms with van der Waals surface area (Å²) in [6.07, 6.45) is 1.87. The number of hydrogen-bond donors (Lipinski definition) is 2. The minimum atomic E-state index is 0.349. The second kappa shape index (κ2) is 5.65. The van der Waals surface area contributed by atoms with E-state index < -0.39 is 0 Å². The Morgan fingerprint density at radius 3 is 2.89 bits per heavy atom. The first-order valence-electron chi connectivity index (χ1n) is 5.31. The Kier molecular flexibility index (Phi) is 4.16. The van der Waals surface area contributed by atoms with Crippen LogP contribution in [0.5, 0.6) is 0 Å². The van der Waals surface area contributed by atoms with Crippen molar-refractivity contribution in [2.75, 3.05) is 5.32 Å². The minimum absolute atomic E-state index is 0.349. The predicted molar refractivity (Wildman–Crippen MR) is 81.5 cm³/mol. The zero-order valence-corrected chi connectivity index (χ0v) is 12.1. The van der Waals surface area contributed by atoms with Crippen LogP contribution in [0.3, 0.4) is 0 Å². The molecule has 6 heteroatoms. The number of nitrogens with one attached hydrogen (secondary N) is 1. The molecule has 0 fully saturated rings. The lowest BCUT2D eigenvalue weighted by atomic mass is 10.2. The molecule has 0 atom stereocenters. The van der Waals surface area contributed by atoms with Crippen LogP contribution in [0.2, 0.25) is 5.02 Å². The van der Waals surface area contributed by atoms with Crippen molar-refractivity contribution >= 4 is 45.8 Å². The summed E-state index contributed by atoms with van der Waals surface area (Å²) in [5, 5.41) is 4.93. The topological polar surface area (TPSA) is 50.9 Å². The molecular formula is C12H12ClN3S2. The SMILES string of the molecule is Cc1ncc(CNc2ccc(C(N)=S)cc2Cl)s1. The Morgan fingerprint density at radius 2 is 2.33 bits per heavy atom. The summed E-state index contributed by atoms with van der Waals surface area (Å²) in [6.45, 7) is 2.69. The number of nitrogens with two attached hydrogens (primary N) is 1. The van der Waals surface area contributed by atoms with Crippen LogP contribution in [0.15, 0.2) is 24.4 Å². The van der Waals surface area contributed by atoms with Crippen LogP contribution < -0.4 is 11.1 Å². The molecule has 1 aromatic heterocycles. The van der Waals surface area contributed by atoms with Crippen molar-refractivity contribution in [3.8, 4) is 0 Å². The number of anilines is 1. The van der Waals surface area contributed by atoms with Gasteiger partial charge in [0.05, 0.1) is 22.3 Å². The molecule has 0 saturated heterocycles. The Balaban J connectivity index is 2.08. The third kappa shape index (κ3) is 3.19. The fraction of sp³-hybridized carbons (Fsp3) is 0.167. The summed E-state index contributed by atoms with van der Waals surface area (Å²) < 4.78 is 0. The molecule has 0 spiro atoms. The number of aromatic nitrogens is 1. The van der Waals surface area contributed by atoms with E-state index in [2.05, 4.69) is 10.3 Å². The Morgan fingerprint density at radius 1 is 1.56 bits per heavy atom. The van der Waals surface area contributed by atoms with Gasteiger partial charge in [0.2, 0.25) is 0 Å². The number of thiocarbonyl (C=S) groups is 1. The van der Waals surface area contributed by atoms with Gasteiger partial charge in [-0.05, 0) is 25.1 Å².